The van der Waals surface area contributed by atoms with E-state index in [2.05, 4.69) is 53.7 Å². The van der Waals surface area contributed by atoms with E-state index in [-0.39, 0.29) is 0 Å². The minimum atomic E-state index is -6.09. The van der Waals surface area contributed by atoms with Gasteiger partial charge in [0.25, 0.3) is 0 Å². The molecule has 1 N–H and O–H groups in total. The summed E-state index contributed by atoms with van der Waals surface area (Å²) in [6.45, 7) is 13.4. The molecule has 184 valence electrons. The fourth-order valence-electron chi connectivity index (χ4n) is 2.80. The molecule has 0 radical (unpaired) electrons. The molecule has 0 aliphatic heterocycles. The molecule has 0 aliphatic rings. The third-order valence-corrected chi connectivity index (χ3v) is 8.52. The lowest BCUT2D eigenvalue weighted by Crippen LogP contribution is -3.62. The van der Waals surface area contributed by atoms with Gasteiger partial charge < -0.3 is 9.66 Å². The standard InChI is InChI=1S/C22H27IO2.CHF3O3S/c1-13(2)16-11-18(14(3)4)21(19(12-16)15(5)6)23-20-10-8-7-9-17(20)22(24)25;2-1(3,4)8(5,6)7/h7-15H,1-6H3;(H,5,6,7). The molecule has 10 heteroatoms. The second-order valence-corrected chi connectivity index (χ2v) is 12.4. The Labute approximate surface area is 203 Å². The van der Waals surface area contributed by atoms with Gasteiger partial charge >= 0.3 is 32.7 Å². The minimum Gasteiger partial charge on any atom is -0.741 e. The Morgan fingerprint density at radius 3 is 1.70 bits per heavy atom. The molecule has 0 fully saturated rings. The van der Waals surface area contributed by atoms with Gasteiger partial charge in [-0.1, -0.05) is 65.8 Å². The first-order chi connectivity index (χ1) is 15.0. The summed E-state index contributed by atoms with van der Waals surface area (Å²) in [7, 11) is -6.09. The Kier molecular flexibility index (Phi) is 10.4. The maximum atomic E-state index is 11.6. The molecule has 0 saturated heterocycles. The summed E-state index contributed by atoms with van der Waals surface area (Å²) < 4.78 is 61.3. The van der Waals surface area contributed by atoms with Crippen LogP contribution in [-0.2, 0) is 10.1 Å². The quantitative estimate of drug-likeness (QED) is 0.313. The van der Waals surface area contributed by atoms with Crippen LogP contribution < -0.4 is 21.2 Å². The van der Waals surface area contributed by atoms with Crippen LogP contribution in [0.1, 0.15) is 86.3 Å². The predicted octanol–water partition coefficient (Wildman–Crippen LogP) is 2.93. The van der Waals surface area contributed by atoms with Crippen molar-refractivity contribution in [1.82, 2.24) is 0 Å². The van der Waals surface area contributed by atoms with Gasteiger partial charge in [-0.05, 0) is 35.4 Å². The fourth-order valence-corrected chi connectivity index (χ4v) is 6.65. The average Bonchev–Trinajstić information content (AvgIpc) is 2.66. The number of carboxylic acid groups (broad SMARTS) is 1. The highest BCUT2D eigenvalue weighted by molar-refractivity contribution is 7.86. The van der Waals surface area contributed by atoms with Gasteiger partial charge in [-0.3, -0.25) is 0 Å². The van der Waals surface area contributed by atoms with Gasteiger partial charge in [-0.2, -0.15) is 13.2 Å². The zero-order valence-corrected chi connectivity index (χ0v) is 22.2. The second-order valence-electron chi connectivity index (χ2n) is 8.26. The van der Waals surface area contributed by atoms with Crippen molar-refractivity contribution in [3.05, 3.63) is 65.8 Å². The number of rotatable bonds is 6. The summed E-state index contributed by atoms with van der Waals surface area (Å²) >= 11 is -0.551. The predicted molar refractivity (Wildman–Crippen MR) is 115 cm³/mol. The summed E-state index contributed by atoms with van der Waals surface area (Å²) in [4.78, 5) is 11.6. The number of halogens is 4. The normalized spacial score (nSPS) is 12.2. The molecule has 0 saturated carbocycles. The van der Waals surface area contributed by atoms with Crippen molar-refractivity contribution in [2.24, 2.45) is 0 Å². The Morgan fingerprint density at radius 2 is 1.36 bits per heavy atom. The van der Waals surface area contributed by atoms with Crippen molar-refractivity contribution in [2.45, 2.75) is 64.8 Å². The molecule has 0 atom stereocenters. The molecule has 2 aromatic rings. The molecule has 5 nitrogen and oxygen atoms in total. The van der Waals surface area contributed by atoms with E-state index in [4.69, 9.17) is 13.0 Å². The smallest absolute Gasteiger partial charge is 0.485 e. The lowest BCUT2D eigenvalue weighted by Gasteiger charge is -2.17. The number of aromatic carboxylic acids is 1. The number of hydrogen-bond donors (Lipinski definition) is 1. The molecular weight excluding hydrogens is 572 g/mol. The summed E-state index contributed by atoms with van der Waals surface area (Å²) in [6.07, 6.45) is 0. The van der Waals surface area contributed by atoms with Gasteiger partial charge in [0, 0.05) is 11.1 Å². The maximum Gasteiger partial charge on any atom is 0.485 e. The number of benzene rings is 2. The van der Waals surface area contributed by atoms with Gasteiger partial charge in [0.05, 0.1) is 0 Å². The molecule has 0 aromatic heterocycles. The molecule has 0 heterocycles. The van der Waals surface area contributed by atoms with Gasteiger partial charge in [-0.25, -0.2) is 13.2 Å². The van der Waals surface area contributed by atoms with Gasteiger partial charge in [0.2, 0.25) is 7.14 Å². The SMILES string of the molecule is CC(C)c1cc(C(C)C)c([I+]c2ccccc2C(=O)O)c(C(C)C)c1.O=S(=O)([O-])C(F)(F)F. The van der Waals surface area contributed by atoms with Crippen LogP contribution in [0.4, 0.5) is 13.2 Å². The highest BCUT2D eigenvalue weighted by Crippen LogP contribution is 2.27. The van der Waals surface area contributed by atoms with E-state index in [1.807, 2.05) is 18.2 Å². The molecule has 0 amide bonds. The minimum absolute atomic E-state index is 0.433. The Bertz CT molecular complexity index is 1050. The Hall–Kier alpha value is -1.66. The van der Waals surface area contributed by atoms with Crippen molar-refractivity contribution in [3.8, 4) is 0 Å². The zero-order valence-electron chi connectivity index (χ0n) is 19.2. The van der Waals surface area contributed by atoms with Crippen LogP contribution in [0.15, 0.2) is 36.4 Å². The van der Waals surface area contributed by atoms with Crippen molar-refractivity contribution in [2.75, 3.05) is 0 Å². The van der Waals surface area contributed by atoms with Crippen LogP contribution in [0.3, 0.4) is 0 Å². The second kappa shape index (κ2) is 11.7. The summed E-state index contributed by atoms with van der Waals surface area (Å²) in [6, 6.07) is 12.2. The lowest BCUT2D eigenvalue weighted by molar-refractivity contribution is -0.599. The molecule has 33 heavy (non-hydrogen) atoms. The van der Waals surface area contributed by atoms with E-state index in [9.17, 15) is 23.1 Å². The number of hydrogen-bond acceptors (Lipinski definition) is 4. The van der Waals surface area contributed by atoms with Crippen LogP contribution >= 0.6 is 0 Å². The van der Waals surface area contributed by atoms with Crippen LogP contribution in [0, 0.1) is 7.14 Å². The summed E-state index contributed by atoms with van der Waals surface area (Å²) in [5.41, 5.74) is -1.03. The Morgan fingerprint density at radius 1 is 0.939 bits per heavy atom. The van der Waals surface area contributed by atoms with Crippen LogP contribution in [-0.4, -0.2) is 29.6 Å². The molecule has 2 rings (SSSR count). The highest BCUT2D eigenvalue weighted by Gasteiger charge is 2.37. The zero-order chi connectivity index (χ0) is 25.7. The molecule has 0 aliphatic carbocycles. The Balaban J connectivity index is 0.000000582. The first-order valence-corrected chi connectivity index (χ1v) is 13.7. The number of carboxylic acids is 1. The molecule has 0 spiro atoms. The van der Waals surface area contributed by atoms with Crippen molar-refractivity contribution in [1.29, 1.82) is 0 Å². The van der Waals surface area contributed by atoms with E-state index in [1.165, 1.54) is 20.3 Å². The third-order valence-electron chi connectivity index (χ3n) is 4.65. The van der Waals surface area contributed by atoms with Crippen molar-refractivity contribution < 1.29 is 57.2 Å². The number of carbonyl (C=O) groups is 1. The summed E-state index contributed by atoms with van der Waals surface area (Å²) in [5.74, 6) is 0.533. The third kappa shape index (κ3) is 8.25. The van der Waals surface area contributed by atoms with E-state index in [1.54, 1.807) is 6.07 Å². The molecule has 0 bridgehead atoms. The molecule has 0 unspecified atom stereocenters. The van der Waals surface area contributed by atoms with Crippen LogP contribution in [0.25, 0.3) is 0 Å². The monoisotopic (exact) mass is 600 g/mol. The van der Waals surface area contributed by atoms with Crippen molar-refractivity contribution in [3.63, 3.8) is 0 Å². The van der Waals surface area contributed by atoms with Gasteiger partial charge in [0.1, 0.15) is 5.56 Å². The first-order valence-electron chi connectivity index (χ1n) is 10.1. The fraction of sp³-hybridized carbons (Fsp3) is 0.435. The van der Waals surface area contributed by atoms with Gasteiger partial charge in [-0.15, -0.1) is 0 Å². The summed E-state index contributed by atoms with van der Waals surface area (Å²) in [5, 5.41) is 9.54. The molecule has 2 aromatic carbocycles. The van der Waals surface area contributed by atoms with E-state index >= 15 is 0 Å². The van der Waals surface area contributed by atoms with E-state index in [0.717, 1.165) is 3.57 Å². The largest absolute Gasteiger partial charge is 0.741 e. The highest BCUT2D eigenvalue weighted by atomic mass is 127. The van der Waals surface area contributed by atoms with Crippen LogP contribution in [0.2, 0.25) is 0 Å². The van der Waals surface area contributed by atoms with E-state index in [0.29, 0.717) is 23.3 Å². The van der Waals surface area contributed by atoms with E-state index < -0.39 is 42.8 Å². The average molecular weight is 600 g/mol. The van der Waals surface area contributed by atoms with Crippen LogP contribution in [0.5, 0.6) is 0 Å². The number of alkyl halides is 3. The molecular formula is C23H28F3IO5S. The maximum absolute atomic E-state index is 11.6. The van der Waals surface area contributed by atoms with Gasteiger partial charge in [0.15, 0.2) is 10.1 Å². The first kappa shape index (κ1) is 29.4. The lowest BCUT2D eigenvalue weighted by atomic mass is 9.90. The van der Waals surface area contributed by atoms with Crippen molar-refractivity contribution >= 4 is 16.1 Å². The topological polar surface area (TPSA) is 94.5 Å².